The largest absolute Gasteiger partial charge is 0.411 e. The Hall–Kier alpha value is -2.10. The summed E-state index contributed by atoms with van der Waals surface area (Å²) in [5, 5.41) is 12.8. The summed E-state index contributed by atoms with van der Waals surface area (Å²) in [4.78, 5) is 11.4. The first kappa shape index (κ1) is 13.9. The minimum Gasteiger partial charge on any atom is -0.411 e. The highest BCUT2D eigenvalue weighted by molar-refractivity contribution is 6.26. The van der Waals surface area contributed by atoms with Gasteiger partial charge >= 0.3 is 0 Å². The maximum absolute atomic E-state index is 11.4. The zero-order valence-electron chi connectivity index (χ0n) is 12.0. The first-order chi connectivity index (χ1) is 10.2. The Morgan fingerprint density at radius 2 is 2.00 bits per heavy atom. The minimum absolute atomic E-state index is 0.430. The lowest BCUT2D eigenvalue weighted by atomic mass is 9.90. The lowest BCUT2D eigenvalue weighted by molar-refractivity contribution is 0.100. The second-order valence-electron chi connectivity index (χ2n) is 5.87. The summed E-state index contributed by atoms with van der Waals surface area (Å²) >= 11 is 0. The predicted molar refractivity (Wildman–Crippen MR) is 82.3 cm³/mol. The Bertz CT molecular complexity index is 625. The fraction of sp³-hybridized carbons (Fsp3) is 0.412. The number of nitrogens with zero attached hydrogens (tertiary/aromatic N) is 1. The molecule has 1 saturated carbocycles. The number of primary amides is 1. The number of carbonyl (C=O) groups excluding carboxylic acids is 1. The predicted octanol–water partition coefficient (Wildman–Crippen LogP) is 3.35. The zero-order valence-corrected chi connectivity index (χ0v) is 12.0. The molecular weight excluding hydrogens is 264 g/mol. The fourth-order valence-electron chi connectivity index (χ4n) is 3.65. The SMILES string of the molecule is NC(=O)c1cccc(C2=C(C3CCCC3)CCC2=NO)c1. The first-order valence-corrected chi connectivity index (χ1v) is 7.55. The average Bonchev–Trinajstić information content (AvgIpc) is 3.15. The molecule has 0 aromatic heterocycles. The van der Waals surface area contributed by atoms with Crippen LogP contribution >= 0.6 is 0 Å². The number of oxime groups is 1. The Morgan fingerprint density at radius 3 is 2.67 bits per heavy atom. The summed E-state index contributed by atoms with van der Waals surface area (Å²) in [5.41, 5.74) is 9.97. The third-order valence-electron chi connectivity index (χ3n) is 4.65. The van der Waals surface area contributed by atoms with Gasteiger partial charge in [0.05, 0.1) is 5.71 Å². The summed E-state index contributed by atoms with van der Waals surface area (Å²) in [6.07, 6.45) is 6.71. The van der Waals surface area contributed by atoms with E-state index in [1.54, 1.807) is 6.07 Å². The van der Waals surface area contributed by atoms with Crippen molar-refractivity contribution >= 4 is 17.2 Å². The van der Waals surface area contributed by atoms with E-state index in [1.807, 2.05) is 18.2 Å². The summed E-state index contributed by atoms with van der Waals surface area (Å²) in [7, 11) is 0. The highest BCUT2D eigenvalue weighted by Crippen LogP contribution is 2.42. The van der Waals surface area contributed by atoms with E-state index in [9.17, 15) is 10.0 Å². The van der Waals surface area contributed by atoms with Gasteiger partial charge < -0.3 is 10.9 Å². The minimum atomic E-state index is -0.430. The molecule has 0 unspecified atom stereocenters. The molecule has 2 aliphatic rings. The van der Waals surface area contributed by atoms with Gasteiger partial charge in [-0.1, -0.05) is 35.7 Å². The lowest BCUT2D eigenvalue weighted by Crippen LogP contribution is -2.11. The quantitative estimate of drug-likeness (QED) is 0.659. The third-order valence-corrected chi connectivity index (χ3v) is 4.65. The molecule has 0 spiro atoms. The molecular formula is C17H20N2O2. The van der Waals surface area contributed by atoms with Crippen molar-refractivity contribution in [2.45, 2.75) is 38.5 Å². The van der Waals surface area contributed by atoms with Crippen LogP contribution in [0.1, 0.15) is 54.4 Å². The van der Waals surface area contributed by atoms with Gasteiger partial charge in [0.15, 0.2) is 0 Å². The van der Waals surface area contributed by atoms with Crippen LogP contribution < -0.4 is 5.73 Å². The number of allylic oxidation sites excluding steroid dienone is 2. The zero-order chi connectivity index (χ0) is 14.8. The van der Waals surface area contributed by atoms with Gasteiger partial charge in [0.25, 0.3) is 0 Å². The van der Waals surface area contributed by atoms with Crippen molar-refractivity contribution in [2.75, 3.05) is 0 Å². The topological polar surface area (TPSA) is 75.7 Å². The molecule has 1 amide bonds. The molecule has 110 valence electrons. The second kappa shape index (κ2) is 5.72. The van der Waals surface area contributed by atoms with Gasteiger partial charge in [-0.25, -0.2) is 0 Å². The number of hydrogen-bond donors (Lipinski definition) is 2. The molecule has 1 fully saturated rings. The van der Waals surface area contributed by atoms with Crippen molar-refractivity contribution in [3.05, 3.63) is 41.0 Å². The van der Waals surface area contributed by atoms with Crippen molar-refractivity contribution in [3.63, 3.8) is 0 Å². The van der Waals surface area contributed by atoms with Gasteiger partial charge in [-0.3, -0.25) is 4.79 Å². The molecule has 4 heteroatoms. The Morgan fingerprint density at radius 1 is 1.24 bits per heavy atom. The number of amides is 1. The maximum Gasteiger partial charge on any atom is 0.248 e. The van der Waals surface area contributed by atoms with Gasteiger partial charge in [0.2, 0.25) is 5.91 Å². The van der Waals surface area contributed by atoms with Crippen LogP contribution in [-0.2, 0) is 0 Å². The smallest absolute Gasteiger partial charge is 0.248 e. The number of hydrogen-bond acceptors (Lipinski definition) is 3. The fourth-order valence-corrected chi connectivity index (χ4v) is 3.65. The van der Waals surface area contributed by atoms with Crippen LogP contribution in [0.5, 0.6) is 0 Å². The summed E-state index contributed by atoms with van der Waals surface area (Å²) < 4.78 is 0. The molecule has 0 bridgehead atoms. The normalized spacial score (nSPS) is 21.4. The Kier molecular flexibility index (Phi) is 3.78. The standard InChI is InChI=1S/C17H20N2O2/c18-17(20)13-7-3-6-12(10-13)16-14(8-9-15(16)19-21)11-4-1-2-5-11/h3,6-7,10-11,21H,1-2,4-5,8-9H2,(H2,18,20). The molecule has 0 heterocycles. The molecule has 0 radical (unpaired) electrons. The van der Waals surface area contributed by atoms with Crippen molar-refractivity contribution in [1.29, 1.82) is 0 Å². The molecule has 3 rings (SSSR count). The van der Waals surface area contributed by atoms with E-state index in [-0.39, 0.29) is 0 Å². The summed E-state index contributed by atoms with van der Waals surface area (Å²) in [6, 6.07) is 7.32. The van der Waals surface area contributed by atoms with Gasteiger partial charge in [-0.15, -0.1) is 0 Å². The van der Waals surface area contributed by atoms with E-state index in [0.29, 0.717) is 11.5 Å². The van der Waals surface area contributed by atoms with Gasteiger partial charge in [-0.2, -0.15) is 0 Å². The number of benzene rings is 1. The second-order valence-corrected chi connectivity index (χ2v) is 5.87. The van der Waals surface area contributed by atoms with E-state index in [4.69, 9.17) is 5.73 Å². The highest BCUT2D eigenvalue weighted by atomic mass is 16.4. The molecule has 1 aromatic carbocycles. The van der Waals surface area contributed by atoms with E-state index < -0.39 is 5.91 Å². The van der Waals surface area contributed by atoms with Crippen LogP contribution in [0, 0.1) is 5.92 Å². The molecule has 1 aromatic rings. The maximum atomic E-state index is 11.4. The van der Waals surface area contributed by atoms with Gasteiger partial charge in [0, 0.05) is 11.1 Å². The van der Waals surface area contributed by atoms with Crippen molar-refractivity contribution in [3.8, 4) is 0 Å². The number of carbonyl (C=O) groups is 1. The lowest BCUT2D eigenvalue weighted by Gasteiger charge is -2.14. The Balaban J connectivity index is 2.08. The van der Waals surface area contributed by atoms with Crippen LogP contribution in [0.4, 0.5) is 0 Å². The molecule has 3 N–H and O–H groups in total. The van der Waals surface area contributed by atoms with Crippen LogP contribution in [-0.4, -0.2) is 16.8 Å². The van der Waals surface area contributed by atoms with Gasteiger partial charge in [-0.05, 0) is 49.3 Å². The van der Waals surface area contributed by atoms with Crippen LogP contribution in [0.25, 0.3) is 5.57 Å². The molecule has 0 atom stereocenters. The summed E-state index contributed by atoms with van der Waals surface area (Å²) in [5.74, 6) is 0.164. The van der Waals surface area contributed by atoms with E-state index >= 15 is 0 Å². The Labute approximate surface area is 124 Å². The average molecular weight is 284 g/mol. The van der Waals surface area contributed by atoms with Crippen molar-refractivity contribution in [1.82, 2.24) is 0 Å². The van der Waals surface area contributed by atoms with Gasteiger partial charge in [0.1, 0.15) is 0 Å². The monoisotopic (exact) mass is 284 g/mol. The van der Waals surface area contributed by atoms with Crippen LogP contribution in [0.3, 0.4) is 0 Å². The van der Waals surface area contributed by atoms with Crippen LogP contribution in [0.2, 0.25) is 0 Å². The van der Waals surface area contributed by atoms with Crippen molar-refractivity contribution < 1.29 is 10.0 Å². The number of rotatable bonds is 3. The van der Waals surface area contributed by atoms with E-state index in [0.717, 1.165) is 29.7 Å². The molecule has 0 aliphatic heterocycles. The molecule has 2 aliphatic carbocycles. The first-order valence-electron chi connectivity index (χ1n) is 7.55. The highest BCUT2D eigenvalue weighted by Gasteiger charge is 2.30. The summed E-state index contributed by atoms with van der Waals surface area (Å²) in [6.45, 7) is 0. The van der Waals surface area contributed by atoms with E-state index in [2.05, 4.69) is 5.16 Å². The van der Waals surface area contributed by atoms with E-state index in [1.165, 1.54) is 31.3 Å². The molecule has 21 heavy (non-hydrogen) atoms. The molecule has 4 nitrogen and oxygen atoms in total. The number of nitrogens with two attached hydrogens (primary N) is 1. The third kappa shape index (κ3) is 2.58. The molecule has 0 saturated heterocycles. The van der Waals surface area contributed by atoms with Crippen molar-refractivity contribution in [2.24, 2.45) is 16.8 Å². The van der Waals surface area contributed by atoms with Crippen LogP contribution in [0.15, 0.2) is 35.0 Å².